The molecule has 5 heteroatoms. The van der Waals surface area contributed by atoms with E-state index in [9.17, 15) is 0 Å². The minimum atomic E-state index is -0.120. The minimum absolute atomic E-state index is 0.120. The van der Waals surface area contributed by atoms with Crippen LogP contribution in [0.4, 0.5) is 0 Å². The molecule has 0 radical (unpaired) electrons. The fraction of sp³-hybridized carbons (Fsp3) is 0.222. The van der Waals surface area contributed by atoms with Gasteiger partial charge in [-0.2, -0.15) is 10.5 Å². The summed E-state index contributed by atoms with van der Waals surface area (Å²) in [7, 11) is 0. The number of hydrogen-bond acceptors (Lipinski definition) is 4. The summed E-state index contributed by atoms with van der Waals surface area (Å²) in [5.41, 5.74) is 0.642. The molecule has 0 saturated carbocycles. The Balaban J connectivity index is 3.12. The van der Waals surface area contributed by atoms with Crippen molar-refractivity contribution >= 4 is 5.90 Å². The molecule has 0 aromatic carbocycles. The van der Waals surface area contributed by atoms with E-state index in [1.165, 1.54) is 6.20 Å². The maximum absolute atomic E-state index is 8.76. The Bertz CT molecular complexity index is 433. The summed E-state index contributed by atoms with van der Waals surface area (Å²) in [5.74, 6) is -0.120. The molecule has 1 rings (SSSR count). The van der Waals surface area contributed by atoms with Crippen LogP contribution < -0.4 is 0 Å². The van der Waals surface area contributed by atoms with E-state index in [4.69, 9.17) is 20.7 Å². The van der Waals surface area contributed by atoms with Crippen molar-refractivity contribution < 1.29 is 4.74 Å². The number of hydrogen-bond donors (Lipinski definition) is 2. The first kappa shape index (κ1) is 9.82. The Morgan fingerprint density at radius 1 is 1.57 bits per heavy atom. The summed E-state index contributed by atoms with van der Waals surface area (Å²) >= 11 is 0. The van der Waals surface area contributed by atoms with Gasteiger partial charge in [0, 0.05) is 6.20 Å². The van der Waals surface area contributed by atoms with E-state index >= 15 is 0 Å². The molecule has 0 bridgehead atoms. The largest absolute Gasteiger partial charge is 0.477 e. The number of nitrogens with one attached hydrogen (secondary N) is 2. The van der Waals surface area contributed by atoms with Crippen molar-refractivity contribution in [2.75, 3.05) is 6.61 Å². The second kappa shape index (κ2) is 4.11. The van der Waals surface area contributed by atoms with Gasteiger partial charge >= 0.3 is 0 Å². The summed E-state index contributed by atoms with van der Waals surface area (Å²) in [5, 5.41) is 24.9. The molecule has 5 nitrogen and oxygen atoms in total. The topological polar surface area (TPSA) is 96.4 Å². The van der Waals surface area contributed by atoms with Crippen LogP contribution in [0.15, 0.2) is 6.20 Å². The number of H-pyrrole nitrogens is 1. The Morgan fingerprint density at radius 2 is 2.29 bits per heavy atom. The highest BCUT2D eigenvalue weighted by Gasteiger charge is 2.15. The van der Waals surface area contributed by atoms with Crippen LogP contribution in [0.3, 0.4) is 0 Å². The SMILES string of the molecule is CCOC(=N)c1[nH]cc(C#N)c1C#N. The molecule has 0 aliphatic heterocycles. The monoisotopic (exact) mass is 188 g/mol. The fourth-order valence-corrected chi connectivity index (χ4v) is 1.02. The molecule has 2 N–H and O–H groups in total. The van der Waals surface area contributed by atoms with Crippen molar-refractivity contribution in [3.63, 3.8) is 0 Å². The molecule has 0 unspecified atom stereocenters. The maximum atomic E-state index is 8.76. The van der Waals surface area contributed by atoms with Crippen LogP contribution in [-0.2, 0) is 4.74 Å². The third-order valence-corrected chi connectivity index (χ3v) is 1.63. The van der Waals surface area contributed by atoms with E-state index in [0.29, 0.717) is 6.61 Å². The van der Waals surface area contributed by atoms with Crippen molar-refractivity contribution in [3.8, 4) is 12.1 Å². The summed E-state index contributed by atoms with van der Waals surface area (Å²) in [4.78, 5) is 2.67. The van der Waals surface area contributed by atoms with Crippen LogP contribution in [0.1, 0.15) is 23.7 Å². The maximum Gasteiger partial charge on any atom is 0.231 e. The number of aromatic nitrogens is 1. The second-order valence-corrected chi connectivity index (χ2v) is 2.44. The molecule has 1 aromatic rings. The smallest absolute Gasteiger partial charge is 0.231 e. The Kier molecular flexibility index (Phi) is 2.88. The van der Waals surface area contributed by atoms with Crippen LogP contribution in [0, 0.1) is 28.1 Å². The highest BCUT2D eigenvalue weighted by atomic mass is 16.5. The minimum Gasteiger partial charge on any atom is -0.477 e. The zero-order chi connectivity index (χ0) is 10.6. The average molecular weight is 188 g/mol. The van der Waals surface area contributed by atoms with Crippen molar-refractivity contribution in [2.24, 2.45) is 0 Å². The summed E-state index contributed by atoms with van der Waals surface area (Å²) in [6, 6.07) is 3.72. The van der Waals surface area contributed by atoms with Gasteiger partial charge in [-0.05, 0) is 6.92 Å². The molecule has 0 aliphatic rings. The lowest BCUT2D eigenvalue weighted by Crippen LogP contribution is -2.06. The van der Waals surface area contributed by atoms with E-state index in [1.807, 2.05) is 12.1 Å². The molecule has 1 heterocycles. The molecule has 0 spiro atoms. The predicted molar refractivity (Wildman–Crippen MR) is 48.7 cm³/mol. The molecule has 0 atom stereocenters. The normalized spacial score (nSPS) is 8.79. The van der Waals surface area contributed by atoms with Crippen molar-refractivity contribution in [1.82, 2.24) is 4.98 Å². The first-order chi connectivity index (χ1) is 6.74. The van der Waals surface area contributed by atoms with Gasteiger partial charge in [0.15, 0.2) is 0 Å². The van der Waals surface area contributed by atoms with Crippen molar-refractivity contribution in [3.05, 3.63) is 23.0 Å². The zero-order valence-electron chi connectivity index (χ0n) is 7.59. The quantitative estimate of drug-likeness (QED) is 0.537. The van der Waals surface area contributed by atoms with E-state index < -0.39 is 0 Å². The molecule has 0 aliphatic carbocycles. The van der Waals surface area contributed by atoms with Gasteiger partial charge in [-0.3, -0.25) is 5.41 Å². The van der Waals surface area contributed by atoms with Gasteiger partial charge in [0.05, 0.1) is 12.2 Å². The molecule has 0 amide bonds. The molecular formula is C9H8N4O. The van der Waals surface area contributed by atoms with Gasteiger partial charge in [0.2, 0.25) is 5.90 Å². The molecular weight excluding hydrogens is 180 g/mol. The molecule has 0 saturated heterocycles. The third kappa shape index (κ3) is 1.57. The first-order valence-corrected chi connectivity index (χ1v) is 3.97. The molecule has 1 aromatic heterocycles. The van der Waals surface area contributed by atoms with Crippen LogP contribution in [0.2, 0.25) is 0 Å². The van der Waals surface area contributed by atoms with Crippen molar-refractivity contribution in [1.29, 1.82) is 15.9 Å². The Hall–Kier alpha value is -2.27. The van der Waals surface area contributed by atoms with Crippen molar-refractivity contribution in [2.45, 2.75) is 6.92 Å². The highest BCUT2D eigenvalue weighted by Crippen LogP contribution is 2.12. The Morgan fingerprint density at radius 3 is 2.79 bits per heavy atom. The van der Waals surface area contributed by atoms with Gasteiger partial charge in [0.25, 0.3) is 0 Å². The van der Waals surface area contributed by atoms with E-state index in [2.05, 4.69) is 4.98 Å². The van der Waals surface area contributed by atoms with Gasteiger partial charge < -0.3 is 9.72 Å². The zero-order valence-corrected chi connectivity index (χ0v) is 7.59. The molecule has 0 fully saturated rings. The summed E-state index contributed by atoms with van der Waals surface area (Å²) in [6.45, 7) is 2.10. The van der Waals surface area contributed by atoms with E-state index in [1.54, 1.807) is 6.92 Å². The molecule has 70 valence electrons. The van der Waals surface area contributed by atoms with Gasteiger partial charge in [-0.15, -0.1) is 0 Å². The van der Waals surface area contributed by atoms with Crippen LogP contribution in [-0.4, -0.2) is 17.5 Å². The molecule has 14 heavy (non-hydrogen) atoms. The highest BCUT2D eigenvalue weighted by molar-refractivity contribution is 5.93. The third-order valence-electron chi connectivity index (χ3n) is 1.63. The lowest BCUT2D eigenvalue weighted by Gasteiger charge is -2.01. The van der Waals surface area contributed by atoms with Crippen LogP contribution >= 0.6 is 0 Å². The van der Waals surface area contributed by atoms with Gasteiger partial charge in [-0.1, -0.05) is 0 Å². The number of nitrogens with zero attached hydrogens (tertiary/aromatic N) is 2. The van der Waals surface area contributed by atoms with E-state index in [-0.39, 0.29) is 22.7 Å². The lowest BCUT2D eigenvalue weighted by molar-refractivity contribution is 0.324. The number of rotatable bonds is 2. The second-order valence-electron chi connectivity index (χ2n) is 2.44. The van der Waals surface area contributed by atoms with E-state index in [0.717, 1.165) is 0 Å². The summed E-state index contributed by atoms with van der Waals surface area (Å²) in [6.07, 6.45) is 1.39. The first-order valence-electron chi connectivity index (χ1n) is 3.97. The predicted octanol–water partition coefficient (Wildman–Crippen LogP) is 1.12. The van der Waals surface area contributed by atoms with Gasteiger partial charge in [0.1, 0.15) is 23.4 Å². The standard InChI is InChI=1S/C9H8N4O/c1-2-14-9(12)8-7(4-11)6(3-10)5-13-8/h5,12-13H,2H2,1H3. The lowest BCUT2D eigenvalue weighted by atomic mass is 10.2. The number of ether oxygens (including phenoxy) is 1. The van der Waals surface area contributed by atoms with Crippen LogP contribution in [0.5, 0.6) is 0 Å². The Labute approximate surface area is 81.0 Å². The average Bonchev–Trinajstić information content (AvgIpc) is 2.60. The van der Waals surface area contributed by atoms with Crippen LogP contribution in [0.25, 0.3) is 0 Å². The summed E-state index contributed by atoms with van der Waals surface area (Å²) < 4.78 is 4.92. The fourth-order valence-electron chi connectivity index (χ4n) is 1.02. The number of aromatic amines is 1. The number of nitriles is 2. The van der Waals surface area contributed by atoms with Gasteiger partial charge in [-0.25, -0.2) is 0 Å².